The zero-order valence-electron chi connectivity index (χ0n) is 26.0. The van der Waals surface area contributed by atoms with Crippen molar-refractivity contribution >= 4 is 11.9 Å². The second kappa shape index (κ2) is 9.15. The second-order valence-electron chi connectivity index (χ2n) is 16.3. The summed E-state index contributed by atoms with van der Waals surface area (Å²) in [6, 6.07) is 0. The number of hydrogen-bond acceptors (Lipinski definition) is 9. The molecule has 2 heterocycles. The van der Waals surface area contributed by atoms with Gasteiger partial charge in [-0.25, -0.2) is 0 Å². The van der Waals surface area contributed by atoms with Crippen molar-refractivity contribution in [3.63, 3.8) is 0 Å². The molecule has 9 heteroatoms. The zero-order chi connectivity index (χ0) is 30.2. The molecule has 5 aliphatic carbocycles. The third kappa shape index (κ3) is 3.55. The standard InChI is InChI=1S/C33H50O9/c1-16-11-24(36)41-19-12-30(5)21-8-7-20-29(3,4)22(42-28-27(38)26(37)18(35)14-39-28)9-10-32(20)15-33(21,32)13-23(40-17(2)34)31(30,6)25(16)19/h16,18-23,25-28,35,37-38H,7-15H2,1-6H3/t16-,18-,19+,20+,21+,22+,23-,25+,26+,27-,28+,30+,31-,32-,33+/m1/s1. The van der Waals surface area contributed by atoms with Gasteiger partial charge in [0.25, 0.3) is 0 Å². The first-order chi connectivity index (χ1) is 19.6. The molecule has 42 heavy (non-hydrogen) atoms. The minimum Gasteiger partial charge on any atom is -0.462 e. The molecule has 236 valence electrons. The van der Waals surface area contributed by atoms with Crippen LogP contribution in [0.1, 0.15) is 92.9 Å². The number of fused-ring (bicyclic) bond motifs is 4. The lowest BCUT2D eigenvalue weighted by Crippen LogP contribution is -2.63. The van der Waals surface area contributed by atoms with Gasteiger partial charge in [0.2, 0.25) is 0 Å². The fourth-order valence-corrected chi connectivity index (χ4v) is 12.8. The molecule has 0 aromatic heterocycles. The van der Waals surface area contributed by atoms with Gasteiger partial charge >= 0.3 is 11.9 Å². The van der Waals surface area contributed by atoms with Crippen LogP contribution in [0.25, 0.3) is 0 Å². The zero-order valence-corrected chi connectivity index (χ0v) is 26.0. The highest BCUT2D eigenvalue weighted by atomic mass is 16.7. The van der Waals surface area contributed by atoms with Crippen molar-refractivity contribution in [2.45, 2.75) is 136 Å². The quantitative estimate of drug-likeness (QED) is 0.334. The van der Waals surface area contributed by atoms with Crippen LogP contribution in [0, 0.1) is 50.7 Å². The molecular formula is C33H50O9. The van der Waals surface area contributed by atoms with Crippen LogP contribution in [0.15, 0.2) is 0 Å². The number of aliphatic hydroxyl groups excluding tert-OH is 3. The van der Waals surface area contributed by atoms with Gasteiger partial charge in [-0.05, 0) is 84.4 Å². The highest BCUT2D eigenvalue weighted by Gasteiger charge is 2.85. The van der Waals surface area contributed by atoms with Crippen LogP contribution in [-0.4, -0.2) is 76.8 Å². The van der Waals surface area contributed by atoms with Gasteiger partial charge in [0.1, 0.15) is 30.5 Å². The van der Waals surface area contributed by atoms with Crippen LogP contribution in [0.2, 0.25) is 0 Å². The second-order valence-corrected chi connectivity index (χ2v) is 16.3. The van der Waals surface area contributed by atoms with Crippen molar-refractivity contribution in [3.8, 4) is 0 Å². The van der Waals surface area contributed by atoms with Crippen LogP contribution >= 0.6 is 0 Å². The predicted molar refractivity (Wildman–Crippen MR) is 149 cm³/mol. The van der Waals surface area contributed by atoms with E-state index in [1.165, 1.54) is 6.92 Å². The first-order valence-electron chi connectivity index (χ1n) is 16.3. The van der Waals surface area contributed by atoms with Crippen molar-refractivity contribution in [2.24, 2.45) is 50.7 Å². The fraction of sp³-hybridized carbons (Fsp3) is 0.939. The Kier molecular flexibility index (Phi) is 6.42. The number of esters is 2. The number of hydrogen-bond donors (Lipinski definition) is 3. The summed E-state index contributed by atoms with van der Waals surface area (Å²) in [4.78, 5) is 25.2. The summed E-state index contributed by atoms with van der Waals surface area (Å²) in [6.07, 6.45) is 1.99. The van der Waals surface area contributed by atoms with E-state index in [0.717, 1.165) is 44.9 Å². The third-order valence-electron chi connectivity index (χ3n) is 14.5. The summed E-state index contributed by atoms with van der Waals surface area (Å²) in [5.41, 5.74) is -0.411. The molecule has 2 saturated heterocycles. The first-order valence-corrected chi connectivity index (χ1v) is 16.3. The third-order valence-corrected chi connectivity index (χ3v) is 14.5. The Bertz CT molecular complexity index is 1160. The maximum absolute atomic E-state index is 12.6. The Hall–Kier alpha value is -1.26. The summed E-state index contributed by atoms with van der Waals surface area (Å²) >= 11 is 0. The summed E-state index contributed by atoms with van der Waals surface area (Å²) in [5, 5.41) is 30.7. The van der Waals surface area contributed by atoms with E-state index in [1.807, 2.05) is 0 Å². The molecule has 2 aliphatic heterocycles. The number of ether oxygens (including phenoxy) is 4. The normalized spacial score (nSPS) is 57.5. The molecular weight excluding hydrogens is 540 g/mol. The van der Waals surface area contributed by atoms with Crippen molar-refractivity contribution in [1.82, 2.24) is 0 Å². The fourth-order valence-electron chi connectivity index (χ4n) is 12.8. The van der Waals surface area contributed by atoms with Gasteiger partial charge in [-0.15, -0.1) is 0 Å². The molecule has 2 spiro atoms. The number of rotatable bonds is 3. The highest BCUT2D eigenvalue weighted by molar-refractivity contribution is 5.71. The van der Waals surface area contributed by atoms with Crippen molar-refractivity contribution < 1.29 is 43.9 Å². The molecule has 0 unspecified atom stereocenters. The molecule has 0 aromatic rings. The molecule has 5 saturated carbocycles. The molecule has 15 atom stereocenters. The molecule has 0 radical (unpaired) electrons. The van der Waals surface area contributed by atoms with Crippen LogP contribution in [-0.2, 0) is 28.5 Å². The molecule has 3 N–H and O–H groups in total. The molecule has 7 rings (SSSR count). The topological polar surface area (TPSA) is 132 Å². The van der Waals surface area contributed by atoms with E-state index in [9.17, 15) is 24.9 Å². The predicted octanol–water partition coefficient (Wildman–Crippen LogP) is 3.35. The molecule has 0 bridgehead atoms. The van der Waals surface area contributed by atoms with Gasteiger partial charge in [0, 0.05) is 24.7 Å². The van der Waals surface area contributed by atoms with Crippen molar-refractivity contribution in [3.05, 3.63) is 0 Å². The van der Waals surface area contributed by atoms with Gasteiger partial charge in [-0.1, -0.05) is 34.6 Å². The van der Waals surface area contributed by atoms with Crippen LogP contribution in [0.3, 0.4) is 0 Å². The van der Waals surface area contributed by atoms with Gasteiger partial charge in [-0.2, -0.15) is 0 Å². The number of aliphatic hydroxyl groups is 3. The lowest BCUT2D eigenvalue weighted by Gasteiger charge is -2.65. The largest absolute Gasteiger partial charge is 0.462 e. The average Bonchev–Trinajstić information content (AvgIpc) is 3.48. The van der Waals surface area contributed by atoms with E-state index >= 15 is 0 Å². The summed E-state index contributed by atoms with van der Waals surface area (Å²) in [6.45, 7) is 12.9. The lowest BCUT2D eigenvalue weighted by atomic mass is 9.41. The summed E-state index contributed by atoms with van der Waals surface area (Å²) < 4.78 is 24.5. The lowest BCUT2D eigenvalue weighted by molar-refractivity contribution is -0.303. The maximum atomic E-state index is 12.6. The van der Waals surface area contributed by atoms with Crippen LogP contribution in [0.5, 0.6) is 0 Å². The molecule has 9 nitrogen and oxygen atoms in total. The van der Waals surface area contributed by atoms with Gasteiger partial charge in [-0.3, -0.25) is 9.59 Å². The molecule has 7 fully saturated rings. The number of carbonyl (C=O) groups excluding carboxylic acids is 2. The molecule has 7 aliphatic rings. The maximum Gasteiger partial charge on any atom is 0.306 e. The minimum absolute atomic E-state index is 0.0639. The van der Waals surface area contributed by atoms with E-state index in [2.05, 4.69) is 34.6 Å². The minimum atomic E-state index is -1.30. The molecule has 0 aromatic carbocycles. The van der Waals surface area contributed by atoms with E-state index < -0.39 is 24.6 Å². The van der Waals surface area contributed by atoms with E-state index in [1.54, 1.807) is 0 Å². The van der Waals surface area contributed by atoms with Gasteiger partial charge in [0.15, 0.2) is 6.29 Å². The highest BCUT2D eigenvalue weighted by Crippen LogP contribution is 2.89. The Labute approximate surface area is 249 Å². The monoisotopic (exact) mass is 590 g/mol. The summed E-state index contributed by atoms with van der Waals surface area (Å²) in [7, 11) is 0. The Morgan fingerprint density at radius 1 is 0.952 bits per heavy atom. The van der Waals surface area contributed by atoms with Crippen molar-refractivity contribution in [1.29, 1.82) is 0 Å². The van der Waals surface area contributed by atoms with E-state index in [4.69, 9.17) is 18.9 Å². The van der Waals surface area contributed by atoms with Crippen LogP contribution < -0.4 is 0 Å². The Morgan fingerprint density at radius 2 is 1.67 bits per heavy atom. The summed E-state index contributed by atoms with van der Waals surface area (Å²) in [5.74, 6) is 0.869. The van der Waals surface area contributed by atoms with Gasteiger partial charge in [0.05, 0.1) is 12.7 Å². The molecule has 0 amide bonds. The SMILES string of the molecule is CC(=O)O[C@@H]1C[C@@]23C[C@@]24CC[C@H](O[C@@H]2OC[C@@H](O)[C@H](O)[C@H]2O)C(C)(C)[C@@H]4CC[C@H]3[C@]2(C)C[C@@H]3OC(=O)C[C@@H](C)[C@@H]3[C@@]12C. The number of carbonyl (C=O) groups is 2. The first kappa shape index (κ1) is 29.5. The Balaban J connectivity index is 1.21. The van der Waals surface area contributed by atoms with Crippen molar-refractivity contribution in [2.75, 3.05) is 6.61 Å². The van der Waals surface area contributed by atoms with E-state index in [-0.39, 0.29) is 75.8 Å². The van der Waals surface area contributed by atoms with Gasteiger partial charge < -0.3 is 34.3 Å². The average molecular weight is 591 g/mol. The smallest absolute Gasteiger partial charge is 0.306 e. The van der Waals surface area contributed by atoms with Crippen LogP contribution in [0.4, 0.5) is 0 Å². The van der Waals surface area contributed by atoms with E-state index in [0.29, 0.717) is 18.3 Å². The Morgan fingerprint density at radius 3 is 2.38 bits per heavy atom.